The summed E-state index contributed by atoms with van der Waals surface area (Å²) in [7, 11) is 0. The van der Waals surface area contributed by atoms with Crippen LogP contribution >= 0.6 is 0 Å². The van der Waals surface area contributed by atoms with Crippen LogP contribution in [0.5, 0.6) is 0 Å². The van der Waals surface area contributed by atoms with Gasteiger partial charge in [-0.15, -0.1) is 0 Å². The van der Waals surface area contributed by atoms with E-state index in [-0.39, 0.29) is 50.3 Å². The monoisotopic (exact) mass is 221 g/mol. The van der Waals surface area contributed by atoms with Gasteiger partial charge in [-0.1, -0.05) is 0 Å². The van der Waals surface area contributed by atoms with E-state index in [1.165, 1.54) is 0 Å². The molecule has 0 rings (SSSR count). The molecule has 0 atom stereocenters. The molecule has 0 aliphatic rings. The van der Waals surface area contributed by atoms with Crippen LogP contribution in [0.1, 0.15) is 1.43 Å². The van der Waals surface area contributed by atoms with E-state index in [1.807, 2.05) is 0 Å². The average Bonchev–Trinajstić information content (AvgIpc) is 0.811. The van der Waals surface area contributed by atoms with Gasteiger partial charge in [-0.3, -0.25) is 9.11 Å². The summed E-state index contributed by atoms with van der Waals surface area (Å²) in [6.45, 7) is 0. The van der Waals surface area contributed by atoms with Crippen molar-refractivity contribution < 1.29 is 14.7 Å². The van der Waals surface area contributed by atoms with Crippen molar-refractivity contribution in [2.24, 2.45) is 0 Å². The molecule has 0 heterocycles. The Bertz CT molecular complexity index is 33.8. The van der Waals surface area contributed by atoms with Crippen LogP contribution in [0, 0.1) is 0 Å². The first-order valence-electron chi connectivity index (χ1n) is 0.532. The molecule has 26 valence electrons. The van der Waals surface area contributed by atoms with Gasteiger partial charge in [-0.05, 0) is 0 Å². The van der Waals surface area contributed by atoms with E-state index in [0.717, 1.165) is 0 Å². The molecule has 0 aromatic rings. The van der Waals surface area contributed by atoms with Crippen LogP contribution in [-0.2, 0) is 11.4 Å². The zero-order valence-electron chi connectivity index (χ0n) is 3.42. The molecule has 0 aliphatic carbocycles. The summed E-state index contributed by atoms with van der Waals surface area (Å²) < 4.78 is 22.8. The van der Waals surface area contributed by atoms with E-state index in [0.29, 0.717) is 0 Å². The second-order valence-corrected chi connectivity index (χ2v) is 0.692. The van der Waals surface area contributed by atoms with Gasteiger partial charge in [0, 0.05) is 0 Å². The van der Waals surface area contributed by atoms with Gasteiger partial charge in [0.15, 0.2) is 0 Å². The molecule has 2 N–H and O–H groups in total. The molecular weight excluding hydrogens is 217 g/mol. The number of hydrogen-bond donors (Lipinski definition) is 2. The molecule has 0 radical (unpaired) electrons. The van der Waals surface area contributed by atoms with Crippen molar-refractivity contribution in [3.8, 4) is 0 Å². The first-order chi connectivity index (χ1) is 1.73. The van der Waals surface area contributed by atoms with Crippen molar-refractivity contribution in [3.63, 3.8) is 0 Å². The fourth-order valence-corrected chi connectivity index (χ4v) is 0. The Morgan fingerprint density at radius 1 is 1.60 bits per heavy atom. The smallest absolute Gasteiger partial charge is 0.284 e. The second-order valence-electron chi connectivity index (χ2n) is 0.231. The predicted molar refractivity (Wildman–Crippen MR) is 20.3 cm³/mol. The zero-order chi connectivity index (χ0) is 3.58. The third-order valence-corrected chi connectivity index (χ3v) is 0. The molecule has 0 spiro atoms. The molecule has 0 saturated heterocycles. The Hall–Kier alpha value is 1.64. The maximum absolute atomic E-state index is 8.67. The van der Waals surface area contributed by atoms with Gasteiger partial charge in [0.25, 0.3) is 11.4 Å². The fraction of sp³-hybridized carbons (Fsp3) is 0. The first kappa shape index (κ1) is 9.81. The van der Waals surface area contributed by atoms with Crippen LogP contribution in [0.25, 0.3) is 0 Å². The van der Waals surface area contributed by atoms with Crippen molar-refractivity contribution in [1.82, 2.24) is 0 Å². The minimum Gasteiger partial charge on any atom is -0.284 e. The number of rotatable bonds is 0. The van der Waals surface area contributed by atoms with Gasteiger partial charge in [0.1, 0.15) is 0 Å². The van der Waals surface area contributed by atoms with Crippen molar-refractivity contribution in [2.45, 2.75) is 0 Å². The summed E-state index contributed by atoms with van der Waals surface area (Å²) in [5, 5.41) is 0. The summed E-state index contributed by atoms with van der Waals surface area (Å²) >= 11 is -2.61. The Morgan fingerprint density at radius 3 is 1.60 bits per heavy atom. The molecule has 0 aromatic heterocycles. The van der Waals surface area contributed by atoms with E-state index in [1.54, 1.807) is 0 Å². The van der Waals surface area contributed by atoms with Gasteiger partial charge < -0.3 is 0 Å². The summed E-state index contributed by atoms with van der Waals surface area (Å²) in [4.78, 5) is 0. The van der Waals surface area contributed by atoms with Crippen LogP contribution in [0.3, 0.4) is 0 Å². The van der Waals surface area contributed by atoms with Crippen LogP contribution in [0.4, 0.5) is 0 Å². The molecule has 0 saturated carbocycles. The predicted octanol–water partition coefficient (Wildman–Crippen LogP) is -0.587. The molecule has 5 heteroatoms. The minimum absolute atomic E-state index is 0. The van der Waals surface area contributed by atoms with E-state index in [2.05, 4.69) is 0 Å². The minimum atomic E-state index is -2.61. The SMILES string of the molecule is O=S(O)O.[Ba+2].[H+]. The Morgan fingerprint density at radius 2 is 1.60 bits per heavy atom. The van der Waals surface area contributed by atoms with E-state index < -0.39 is 11.4 Å². The van der Waals surface area contributed by atoms with Gasteiger partial charge in [0.2, 0.25) is 0 Å². The van der Waals surface area contributed by atoms with Gasteiger partial charge >= 0.3 is 50.3 Å². The van der Waals surface area contributed by atoms with Crippen LogP contribution < -0.4 is 0 Å². The maximum atomic E-state index is 8.67. The molecule has 0 bridgehead atoms. The molecule has 0 fully saturated rings. The summed E-state index contributed by atoms with van der Waals surface area (Å²) in [5.41, 5.74) is 0. The van der Waals surface area contributed by atoms with Gasteiger partial charge in [-0.2, -0.15) is 4.21 Å². The summed E-state index contributed by atoms with van der Waals surface area (Å²) in [5.74, 6) is 0. The van der Waals surface area contributed by atoms with Crippen molar-refractivity contribution in [3.05, 3.63) is 0 Å². The Balaban J connectivity index is -0.0000000450. The van der Waals surface area contributed by atoms with E-state index in [4.69, 9.17) is 13.3 Å². The van der Waals surface area contributed by atoms with Gasteiger partial charge in [0.05, 0.1) is 0 Å². The third-order valence-electron chi connectivity index (χ3n) is 0. The Kier molecular flexibility index (Phi) is 11.1. The Labute approximate surface area is 73.8 Å². The summed E-state index contributed by atoms with van der Waals surface area (Å²) in [6.07, 6.45) is 0. The third kappa shape index (κ3) is 27.8. The number of hydrogen-bond acceptors (Lipinski definition) is 1. The zero-order valence-corrected chi connectivity index (χ0v) is 7.68. The molecule has 3 nitrogen and oxygen atoms in total. The standard InChI is InChI=1S/Ba.H2O3S/c;1-4(2)3/h;(H2,1,2,3)/q+2;/p+1. The molecule has 0 aliphatic heterocycles. The van der Waals surface area contributed by atoms with Crippen LogP contribution in [0.15, 0.2) is 0 Å². The maximum Gasteiger partial charge on any atom is 2.00 e. The molecule has 0 unspecified atom stereocenters. The van der Waals surface area contributed by atoms with Crippen molar-refractivity contribution in [2.75, 3.05) is 0 Å². The first-order valence-corrected chi connectivity index (χ1v) is 1.60. The normalized spacial score (nSPS) is 7.00. The fourth-order valence-electron chi connectivity index (χ4n) is 0. The van der Waals surface area contributed by atoms with Crippen LogP contribution in [-0.4, -0.2) is 62.2 Å². The summed E-state index contributed by atoms with van der Waals surface area (Å²) in [6, 6.07) is 0. The second kappa shape index (κ2) is 5.64. The van der Waals surface area contributed by atoms with Crippen molar-refractivity contribution >= 4 is 60.2 Å². The largest absolute Gasteiger partial charge is 2.00 e. The molecule has 0 amide bonds. The van der Waals surface area contributed by atoms with Crippen LogP contribution in [0.2, 0.25) is 0 Å². The quantitative estimate of drug-likeness (QED) is 0.424. The molecule has 5 heavy (non-hydrogen) atoms. The molecule has 0 aromatic carbocycles. The van der Waals surface area contributed by atoms with E-state index >= 15 is 0 Å². The average molecular weight is 220 g/mol. The van der Waals surface area contributed by atoms with Crippen molar-refractivity contribution in [1.29, 1.82) is 0 Å². The van der Waals surface area contributed by atoms with E-state index in [9.17, 15) is 0 Å². The van der Waals surface area contributed by atoms with Gasteiger partial charge in [-0.25, -0.2) is 0 Å². The topological polar surface area (TPSA) is 57.5 Å². The molecular formula is H3BaO3S+3.